The van der Waals surface area contributed by atoms with Gasteiger partial charge in [-0.05, 0) is 18.9 Å². The average Bonchev–Trinajstić information content (AvgIpc) is 2.19. The van der Waals surface area contributed by atoms with Crippen molar-refractivity contribution in [1.29, 1.82) is 0 Å². The van der Waals surface area contributed by atoms with Gasteiger partial charge in [-0.15, -0.1) is 0 Å². The fraction of sp³-hybridized carbons (Fsp3) is 0.583. The number of hydrogen-bond acceptors (Lipinski definition) is 3. The molecule has 0 spiro atoms. The van der Waals surface area contributed by atoms with Crippen molar-refractivity contribution in [2.45, 2.75) is 32.1 Å². The lowest BCUT2D eigenvalue weighted by Gasteiger charge is -2.27. The molecule has 1 aromatic heterocycles. The summed E-state index contributed by atoms with van der Waals surface area (Å²) in [6, 6.07) is 2.02. The maximum atomic E-state index is 5.94. The van der Waals surface area contributed by atoms with Crippen LogP contribution in [0.25, 0.3) is 0 Å². The Labute approximate surface area is 91.3 Å². The van der Waals surface area contributed by atoms with Crippen LogP contribution in [0.3, 0.4) is 0 Å². The van der Waals surface area contributed by atoms with Crippen LogP contribution in [-0.4, -0.2) is 18.1 Å². The Kier molecular flexibility index (Phi) is 3.43. The van der Waals surface area contributed by atoms with E-state index in [2.05, 4.69) is 9.88 Å². The topological polar surface area (TPSA) is 42.1 Å². The molecule has 3 heteroatoms. The molecule has 0 radical (unpaired) electrons. The van der Waals surface area contributed by atoms with E-state index >= 15 is 0 Å². The number of nitrogens with zero attached hydrogens (tertiary/aromatic N) is 2. The lowest BCUT2D eigenvalue weighted by atomic mass is 10.1. The predicted octanol–water partition coefficient (Wildman–Crippen LogP) is 2.43. The molecular weight excluding hydrogens is 186 g/mol. The van der Waals surface area contributed by atoms with Crippen LogP contribution >= 0.6 is 0 Å². The van der Waals surface area contributed by atoms with Gasteiger partial charge in [0.1, 0.15) is 0 Å². The maximum Gasteiger partial charge on any atom is 0.0738 e. The molecule has 0 unspecified atom stereocenters. The standard InChI is InChI=1S/C12H19N3/c13-11-10-14-7-6-12(11)15-8-4-2-1-3-5-9-15/h6-7,10H,1-5,8-9,13H2. The fourth-order valence-electron chi connectivity index (χ4n) is 2.18. The molecule has 2 N–H and O–H groups in total. The largest absolute Gasteiger partial charge is 0.396 e. The zero-order valence-electron chi connectivity index (χ0n) is 9.15. The monoisotopic (exact) mass is 205 g/mol. The second-order valence-corrected chi connectivity index (χ2v) is 4.19. The minimum atomic E-state index is 0.804. The lowest BCUT2D eigenvalue weighted by Crippen LogP contribution is -2.27. The number of nitrogens with two attached hydrogens (primary N) is 1. The van der Waals surface area contributed by atoms with Gasteiger partial charge in [0.25, 0.3) is 0 Å². The van der Waals surface area contributed by atoms with Crippen molar-refractivity contribution < 1.29 is 0 Å². The minimum absolute atomic E-state index is 0.804. The van der Waals surface area contributed by atoms with Gasteiger partial charge in [0.2, 0.25) is 0 Å². The number of hydrogen-bond donors (Lipinski definition) is 1. The maximum absolute atomic E-state index is 5.94. The number of rotatable bonds is 1. The lowest BCUT2D eigenvalue weighted by molar-refractivity contribution is 0.557. The van der Waals surface area contributed by atoms with E-state index in [1.807, 2.05) is 12.3 Å². The first-order valence-corrected chi connectivity index (χ1v) is 5.82. The molecule has 2 heterocycles. The number of nitrogen functional groups attached to an aromatic ring is 1. The van der Waals surface area contributed by atoms with Crippen molar-refractivity contribution in [3.05, 3.63) is 18.5 Å². The fourth-order valence-corrected chi connectivity index (χ4v) is 2.18. The normalized spacial score (nSPS) is 18.3. The highest BCUT2D eigenvalue weighted by Gasteiger charge is 2.10. The second-order valence-electron chi connectivity index (χ2n) is 4.19. The summed E-state index contributed by atoms with van der Waals surface area (Å²) in [5, 5.41) is 0. The molecule has 0 aromatic carbocycles. The predicted molar refractivity (Wildman–Crippen MR) is 63.9 cm³/mol. The summed E-state index contributed by atoms with van der Waals surface area (Å²) in [6.45, 7) is 2.27. The molecule has 2 rings (SSSR count). The van der Waals surface area contributed by atoms with Crippen LogP contribution in [0.2, 0.25) is 0 Å². The molecule has 0 bridgehead atoms. The van der Waals surface area contributed by atoms with Gasteiger partial charge in [-0.1, -0.05) is 19.3 Å². The molecule has 1 aromatic rings. The summed E-state index contributed by atoms with van der Waals surface area (Å²) >= 11 is 0. The van der Waals surface area contributed by atoms with E-state index in [0.29, 0.717) is 0 Å². The van der Waals surface area contributed by atoms with Gasteiger partial charge in [0, 0.05) is 19.3 Å². The average molecular weight is 205 g/mol. The molecule has 3 nitrogen and oxygen atoms in total. The molecule has 82 valence electrons. The molecule has 1 aliphatic rings. The Balaban J connectivity index is 2.10. The van der Waals surface area contributed by atoms with Gasteiger partial charge in [0.05, 0.1) is 17.6 Å². The van der Waals surface area contributed by atoms with E-state index in [0.717, 1.165) is 24.5 Å². The SMILES string of the molecule is Nc1cnccc1N1CCCCCCC1. The third-order valence-electron chi connectivity index (χ3n) is 3.02. The molecule has 0 amide bonds. The van der Waals surface area contributed by atoms with Crippen LogP contribution in [0.4, 0.5) is 11.4 Å². The van der Waals surface area contributed by atoms with Crippen LogP contribution in [0.15, 0.2) is 18.5 Å². The number of pyridine rings is 1. The van der Waals surface area contributed by atoms with Crippen LogP contribution < -0.4 is 10.6 Å². The van der Waals surface area contributed by atoms with E-state index in [-0.39, 0.29) is 0 Å². The van der Waals surface area contributed by atoms with Crippen molar-refractivity contribution in [1.82, 2.24) is 4.98 Å². The number of anilines is 2. The minimum Gasteiger partial charge on any atom is -0.396 e. The highest BCUT2D eigenvalue weighted by atomic mass is 15.1. The van der Waals surface area contributed by atoms with Gasteiger partial charge in [0.15, 0.2) is 0 Å². The second kappa shape index (κ2) is 5.01. The van der Waals surface area contributed by atoms with Gasteiger partial charge in [-0.25, -0.2) is 0 Å². The van der Waals surface area contributed by atoms with E-state index in [1.165, 1.54) is 32.1 Å². The van der Waals surface area contributed by atoms with E-state index in [1.54, 1.807) is 6.20 Å². The van der Waals surface area contributed by atoms with Crippen LogP contribution in [-0.2, 0) is 0 Å². The van der Waals surface area contributed by atoms with Crippen molar-refractivity contribution in [2.75, 3.05) is 23.7 Å². The van der Waals surface area contributed by atoms with Crippen LogP contribution in [0.5, 0.6) is 0 Å². The molecule has 1 fully saturated rings. The van der Waals surface area contributed by atoms with Crippen LogP contribution in [0, 0.1) is 0 Å². The van der Waals surface area contributed by atoms with Gasteiger partial charge in [-0.2, -0.15) is 0 Å². The third kappa shape index (κ3) is 2.61. The number of aromatic nitrogens is 1. The smallest absolute Gasteiger partial charge is 0.0738 e. The Hall–Kier alpha value is -1.25. The van der Waals surface area contributed by atoms with Crippen molar-refractivity contribution in [2.24, 2.45) is 0 Å². The zero-order valence-corrected chi connectivity index (χ0v) is 9.15. The third-order valence-corrected chi connectivity index (χ3v) is 3.02. The summed E-state index contributed by atoms with van der Waals surface area (Å²) in [6.07, 6.45) is 10.2. The summed E-state index contributed by atoms with van der Waals surface area (Å²) in [7, 11) is 0. The van der Waals surface area contributed by atoms with Crippen molar-refractivity contribution >= 4 is 11.4 Å². The van der Waals surface area contributed by atoms with Crippen molar-refractivity contribution in [3.63, 3.8) is 0 Å². The Morgan fingerprint density at radius 3 is 2.40 bits per heavy atom. The molecule has 0 atom stereocenters. The quantitative estimate of drug-likeness (QED) is 0.765. The summed E-state index contributed by atoms with van der Waals surface area (Å²) in [5.74, 6) is 0. The van der Waals surface area contributed by atoms with E-state index in [4.69, 9.17) is 5.73 Å². The molecular formula is C12H19N3. The molecule has 0 saturated carbocycles. The highest BCUT2D eigenvalue weighted by molar-refractivity contribution is 5.65. The Morgan fingerprint density at radius 1 is 1.07 bits per heavy atom. The Bertz CT molecular complexity index is 303. The summed E-state index contributed by atoms with van der Waals surface area (Å²) in [5.41, 5.74) is 7.90. The molecule has 15 heavy (non-hydrogen) atoms. The summed E-state index contributed by atoms with van der Waals surface area (Å²) < 4.78 is 0. The van der Waals surface area contributed by atoms with Gasteiger partial charge < -0.3 is 10.6 Å². The summed E-state index contributed by atoms with van der Waals surface area (Å²) in [4.78, 5) is 6.43. The highest BCUT2D eigenvalue weighted by Crippen LogP contribution is 2.23. The molecule has 1 saturated heterocycles. The van der Waals surface area contributed by atoms with E-state index < -0.39 is 0 Å². The Morgan fingerprint density at radius 2 is 1.73 bits per heavy atom. The van der Waals surface area contributed by atoms with Gasteiger partial charge >= 0.3 is 0 Å². The van der Waals surface area contributed by atoms with E-state index in [9.17, 15) is 0 Å². The first-order valence-electron chi connectivity index (χ1n) is 5.82. The van der Waals surface area contributed by atoms with Crippen LogP contribution in [0.1, 0.15) is 32.1 Å². The molecule has 0 aliphatic carbocycles. The first-order chi connectivity index (χ1) is 7.38. The molecule has 1 aliphatic heterocycles. The zero-order chi connectivity index (χ0) is 10.5. The van der Waals surface area contributed by atoms with Gasteiger partial charge in [-0.3, -0.25) is 4.98 Å². The van der Waals surface area contributed by atoms with Crippen molar-refractivity contribution in [3.8, 4) is 0 Å². The first kappa shape index (κ1) is 10.3.